The van der Waals surface area contributed by atoms with Gasteiger partial charge in [0.05, 0.1) is 0 Å². The van der Waals surface area contributed by atoms with E-state index in [1.165, 1.54) is 10.7 Å². The summed E-state index contributed by atoms with van der Waals surface area (Å²) in [5.74, 6) is 0. The second-order valence-corrected chi connectivity index (χ2v) is 17.2. The molecule has 1 nitrogen and oxygen atoms in total. The minimum absolute atomic E-state index is 0.606. The molecule has 0 aromatic heterocycles. The zero-order valence-electron chi connectivity index (χ0n) is 13.0. The summed E-state index contributed by atoms with van der Waals surface area (Å²) >= 11 is -3.13. The van der Waals surface area contributed by atoms with E-state index in [0.29, 0.717) is 6.42 Å². The normalized spacial score (nSPS) is 10.9. The Bertz CT molecular complexity index is 680. The first-order valence-corrected chi connectivity index (χ1v) is 14.2. The van der Waals surface area contributed by atoms with Gasteiger partial charge in [-0.2, -0.15) is 0 Å². The molecule has 0 amide bonds. The van der Waals surface area contributed by atoms with Crippen LogP contribution in [0.5, 0.6) is 0 Å². The SMILES string of the molecule is N#CC[CH2][Sn]([c]1ccccc1)([c]1ccccc1)[c]1ccccc1. The van der Waals surface area contributed by atoms with Crippen molar-refractivity contribution in [3.63, 3.8) is 0 Å². The van der Waals surface area contributed by atoms with Crippen molar-refractivity contribution >= 4 is 29.1 Å². The van der Waals surface area contributed by atoms with E-state index in [9.17, 15) is 5.26 Å². The molecule has 2 heteroatoms. The van der Waals surface area contributed by atoms with Crippen molar-refractivity contribution in [1.29, 1.82) is 5.26 Å². The molecule has 0 radical (unpaired) electrons. The first-order chi connectivity index (χ1) is 11.4. The number of hydrogen-bond acceptors (Lipinski definition) is 1. The molecule has 0 saturated carbocycles. The van der Waals surface area contributed by atoms with Crippen molar-refractivity contribution in [1.82, 2.24) is 0 Å². The van der Waals surface area contributed by atoms with E-state index in [1.54, 1.807) is 0 Å². The molecule has 3 rings (SSSR count). The van der Waals surface area contributed by atoms with Crippen LogP contribution in [0.3, 0.4) is 0 Å². The van der Waals surface area contributed by atoms with Gasteiger partial charge in [-0.3, -0.25) is 0 Å². The molecule has 112 valence electrons. The van der Waals surface area contributed by atoms with E-state index >= 15 is 0 Å². The van der Waals surface area contributed by atoms with Crippen molar-refractivity contribution in [2.45, 2.75) is 10.9 Å². The molecule has 0 spiro atoms. The summed E-state index contributed by atoms with van der Waals surface area (Å²) in [7, 11) is 0. The van der Waals surface area contributed by atoms with Crippen LogP contribution in [-0.4, -0.2) is 18.4 Å². The fourth-order valence-corrected chi connectivity index (χ4v) is 16.6. The third-order valence-corrected chi connectivity index (χ3v) is 18.6. The number of hydrogen-bond donors (Lipinski definition) is 0. The molecule has 0 aliphatic heterocycles. The topological polar surface area (TPSA) is 23.8 Å². The molecular formula is C21H19NSn. The molecule has 0 atom stereocenters. The predicted molar refractivity (Wildman–Crippen MR) is 99.0 cm³/mol. The Balaban J connectivity index is 2.28. The fourth-order valence-electron chi connectivity index (χ4n) is 3.34. The monoisotopic (exact) mass is 405 g/mol. The molecule has 0 N–H and O–H groups in total. The maximum absolute atomic E-state index is 9.25. The van der Waals surface area contributed by atoms with Crippen LogP contribution in [0, 0.1) is 11.3 Å². The van der Waals surface area contributed by atoms with Gasteiger partial charge in [0.15, 0.2) is 0 Å². The van der Waals surface area contributed by atoms with Crippen LogP contribution in [0.15, 0.2) is 91.0 Å². The summed E-state index contributed by atoms with van der Waals surface area (Å²) in [6.07, 6.45) is 0.606. The van der Waals surface area contributed by atoms with Gasteiger partial charge in [0.25, 0.3) is 0 Å². The predicted octanol–water partition coefficient (Wildman–Crippen LogP) is 3.07. The zero-order valence-corrected chi connectivity index (χ0v) is 15.9. The third-order valence-electron chi connectivity index (χ3n) is 4.41. The molecule has 0 fully saturated rings. The van der Waals surface area contributed by atoms with Crippen molar-refractivity contribution in [2.75, 3.05) is 0 Å². The van der Waals surface area contributed by atoms with E-state index in [4.69, 9.17) is 0 Å². The van der Waals surface area contributed by atoms with E-state index in [2.05, 4.69) is 97.1 Å². The van der Waals surface area contributed by atoms with E-state index in [0.717, 1.165) is 4.44 Å². The number of rotatable bonds is 5. The van der Waals surface area contributed by atoms with Crippen LogP contribution in [0.1, 0.15) is 6.42 Å². The second-order valence-electron chi connectivity index (χ2n) is 5.66. The summed E-state index contributed by atoms with van der Waals surface area (Å²) in [6, 6.07) is 34.9. The average molecular weight is 404 g/mol. The van der Waals surface area contributed by atoms with Gasteiger partial charge in [-0.25, -0.2) is 0 Å². The molecule has 0 saturated heterocycles. The number of nitrogens with zero attached hydrogens (tertiary/aromatic N) is 1. The molecule has 0 bridgehead atoms. The second kappa shape index (κ2) is 7.48. The van der Waals surface area contributed by atoms with Crippen molar-refractivity contribution in [2.24, 2.45) is 0 Å². The summed E-state index contributed by atoms with van der Waals surface area (Å²) in [6.45, 7) is 0. The Labute approximate surface area is 142 Å². The van der Waals surface area contributed by atoms with Crippen LogP contribution in [-0.2, 0) is 0 Å². The Morgan fingerprint density at radius 3 is 1.26 bits per heavy atom. The van der Waals surface area contributed by atoms with Crippen LogP contribution in [0.25, 0.3) is 0 Å². The molecule has 0 heterocycles. The Hall–Kier alpha value is -2.05. The van der Waals surface area contributed by atoms with Crippen molar-refractivity contribution in [3.05, 3.63) is 91.0 Å². The third kappa shape index (κ3) is 3.18. The summed E-state index contributed by atoms with van der Waals surface area (Å²) in [4.78, 5) is 0. The van der Waals surface area contributed by atoms with Gasteiger partial charge >= 0.3 is 142 Å². The van der Waals surface area contributed by atoms with Crippen molar-refractivity contribution in [3.8, 4) is 6.07 Å². The molecule has 0 aliphatic rings. The minimum atomic E-state index is -3.13. The van der Waals surface area contributed by atoms with Gasteiger partial charge in [0.2, 0.25) is 0 Å². The number of benzene rings is 3. The first-order valence-electron chi connectivity index (χ1n) is 7.91. The summed E-state index contributed by atoms with van der Waals surface area (Å²) in [5.41, 5.74) is 0. The fraction of sp³-hybridized carbons (Fsp3) is 0.0952. The molecule has 3 aromatic carbocycles. The van der Waals surface area contributed by atoms with Crippen molar-refractivity contribution < 1.29 is 0 Å². The summed E-state index contributed by atoms with van der Waals surface area (Å²) < 4.78 is 5.29. The van der Waals surface area contributed by atoms with Crippen LogP contribution < -0.4 is 10.7 Å². The maximum atomic E-state index is 9.25. The van der Waals surface area contributed by atoms with Gasteiger partial charge in [-0.1, -0.05) is 0 Å². The quantitative estimate of drug-likeness (QED) is 0.600. The molecule has 0 unspecified atom stereocenters. The van der Waals surface area contributed by atoms with Crippen LogP contribution >= 0.6 is 0 Å². The average Bonchev–Trinajstić information content (AvgIpc) is 2.65. The Morgan fingerprint density at radius 2 is 0.957 bits per heavy atom. The Morgan fingerprint density at radius 1 is 0.609 bits per heavy atom. The van der Waals surface area contributed by atoms with E-state index in [-0.39, 0.29) is 0 Å². The van der Waals surface area contributed by atoms with E-state index in [1.807, 2.05) is 0 Å². The van der Waals surface area contributed by atoms with E-state index < -0.39 is 18.4 Å². The van der Waals surface area contributed by atoms with Gasteiger partial charge in [-0.15, -0.1) is 0 Å². The first kappa shape index (κ1) is 15.8. The van der Waals surface area contributed by atoms with Gasteiger partial charge in [0, 0.05) is 0 Å². The molecule has 3 aromatic rings. The van der Waals surface area contributed by atoms with Crippen LogP contribution in [0.2, 0.25) is 4.44 Å². The standard InChI is InChI=1S/3C6H5.C3H4N.Sn/c3*1-2-4-6-5-3-1;1-2-3-4;/h3*1-5H;1-2H2;. The Kier molecular flexibility index (Phi) is 5.15. The molecule has 23 heavy (non-hydrogen) atoms. The van der Waals surface area contributed by atoms with Gasteiger partial charge < -0.3 is 0 Å². The molecule has 0 aliphatic carbocycles. The molecular weight excluding hydrogens is 385 g/mol. The van der Waals surface area contributed by atoms with Gasteiger partial charge in [-0.05, 0) is 0 Å². The zero-order chi connectivity index (χ0) is 16.0. The summed E-state index contributed by atoms with van der Waals surface area (Å²) in [5, 5.41) is 9.25. The van der Waals surface area contributed by atoms with Crippen LogP contribution in [0.4, 0.5) is 0 Å². The number of nitriles is 1. The van der Waals surface area contributed by atoms with Gasteiger partial charge in [0.1, 0.15) is 0 Å².